The summed E-state index contributed by atoms with van der Waals surface area (Å²) in [5.74, 6) is 0.193. The summed E-state index contributed by atoms with van der Waals surface area (Å²) >= 11 is 5.99. The summed E-state index contributed by atoms with van der Waals surface area (Å²) in [6.07, 6.45) is 0.421. The van der Waals surface area contributed by atoms with Crippen LogP contribution in [-0.2, 0) is 4.79 Å². The number of hydrogen-bond donors (Lipinski definition) is 1. The number of aryl methyl sites for hydroxylation is 1. The summed E-state index contributed by atoms with van der Waals surface area (Å²) in [7, 11) is 0. The van der Waals surface area contributed by atoms with E-state index < -0.39 is 5.41 Å². The van der Waals surface area contributed by atoms with Crippen molar-refractivity contribution in [2.75, 3.05) is 0 Å². The van der Waals surface area contributed by atoms with E-state index in [2.05, 4.69) is 0 Å². The highest BCUT2D eigenvalue weighted by Crippen LogP contribution is 2.52. The Morgan fingerprint density at radius 2 is 1.54 bits per heavy atom. The van der Waals surface area contributed by atoms with Gasteiger partial charge in [-0.25, -0.2) is 0 Å². The number of halogens is 1. The Kier molecular flexibility index (Phi) is 4.52. The molecule has 0 aliphatic heterocycles. The van der Waals surface area contributed by atoms with E-state index in [-0.39, 0.29) is 17.0 Å². The first-order valence-corrected chi connectivity index (χ1v) is 9.26. The van der Waals surface area contributed by atoms with E-state index in [9.17, 15) is 9.90 Å². The second kappa shape index (κ2) is 6.28. The average Bonchev–Trinajstić information content (AvgIpc) is 2.55. The van der Waals surface area contributed by atoms with Crippen LogP contribution >= 0.6 is 11.6 Å². The van der Waals surface area contributed by atoms with Gasteiger partial charge in [-0.05, 0) is 52.8 Å². The highest BCUT2D eigenvalue weighted by atomic mass is 35.5. The van der Waals surface area contributed by atoms with Gasteiger partial charge in [0.05, 0.1) is 5.57 Å². The van der Waals surface area contributed by atoms with Gasteiger partial charge in [0.25, 0.3) is 0 Å². The third kappa shape index (κ3) is 2.97. The van der Waals surface area contributed by atoms with Crippen LogP contribution in [0.3, 0.4) is 0 Å². The number of carbonyl (C=O) groups excluding carboxylic acids is 1. The van der Waals surface area contributed by atoms with Gasteiger partial charge in [-0.15, -0.1) is 0 Å². The molecular weight excluding hydrogens is 344 g/mol. The summed E-state index contributed by atoms with van der Waals surface area (Å²) in [6.45, 7) is 10.1. The fourth-order valence-corrected chi connectivity index (χ4v) is 3.59. The van der Waals surface area contributed by atoms with Crippen molar-refractivity contribution in [3.63, 3.8) is 0 Å². The lowest BCUT2D eigenvalue weighted by atomic mass is 9.59. The number of ketones is 1. The van der Waals surface area contributed by atoms with Crippen molar-refractivity contribution in [1.82, 2.24) is 0 Å². The van der Waals surface area contributed by atoms with Crippen LogP contribution in [0.25, 0.3) is 16.7 Å². The van der Waals surface area contributed by atoms with Gasteiger partial charge >= 0.3 is 0 Å². The van der Waals surface area contributed by atoms with Gasteiger partial charge in [0, 0.05) is 16.9 Å². The van der Waals surface area contributed by atoms with Crippen molar-refractivity contribution in [3.8, 4) is 11.1 Å². The first-order valence-electron chi connectivity index (χ1n) is 8.88. The molecule has 0 aromatic heterocycles. The van der Waals surface area contributed by atoms with Crippen LogP contribution in [0.4, 0.5) is 0 Å². The zero-order valence-electron chi connectivity index (χ0n) is 16.0. The molecule has 0 spiro atoms. The molecule has 2 aromatic carbocycles. The Balaban J connectivity index is 2.19. The highest BCUT2D eigenvalue weighted by molar-refractivity contribution is 6.30. The Morgan fingerprint density at radius 3 is 2.15 bits per heavy atom. The summed E-state index contributed by atoms with van der Waals surface area (Å²) in [6, 6.07) is 13.6. The van der Waals surface area contributed by atoms with Crippen molar-refractivity contribution in [2.24, 2.45) is 10.8 Å². The molecule has 0 heterocycles. The molecule has 1 aliphatic carbocycles. The van der Waals surface area contributed by atoms with Gasteiger partial charge in [-0.1, -0.05) is 63.6 Å². The molecule has 0 unspecified atom stereocenters. The molecule has 1 aliphatic rings. The molecule has 136 valence electrons. The van der Waals surface area contributed by atoms with Crippen molar-refractivity contribution in [1.29, 1.82) is 0 Å². The normalized spacial score (nSPS) is 18.9. The van der Waals surface area contributed by atoms with Gasteiger partial charge in [-0.2, -0.15) is 0 Å². The number of benzene rings is 2. The number of aliphatic hydroxyl groups is 1. The molecule has 0 amide bonds. The molecule has 1 N–H and O–H groups in total. The SMILES string of the molecule is Cc1ccc(-c2ccc(Cl)cc2)cc1C1=C(O)C(C)(C)C(C)(C)CC1=O. The minimum atomic E-state index is -0.473. The minimum absolute atomic E-state index is 0.00295. The molecule has 2 aromatic rings. The smallest absolute Gasteiger partial charge is 0.167 e. The second-order valence-corrected chi connectivity index (χ2v) is 8.81. The van der Waals surface area contributed by atoms with E-state index in [0.717, 1.165) is 22.3 Å². The number of aliphatic hydroxyl groups excluding tert-OH is 1. The molecule has 3 rings (SSSR count). The molecule has 0 saturated heterocycles. The van der Waals surface area contributed by atoms with Crippen LogP contribution in [0.5, 0.6) is 0 Å². The van der Waals surface area contributed by atoms with E-state index >= 15 is 0 Å². The van der Waals surface area contributed by atoms with E-state index in [0.29, 0.717) is 17.0 Å². The number of allylic oxidation sites excluding steroid dienone is 2. The van der Waals surface area contributed by atoms with Crippen molar-refractivity contribution >= 4 is 23.0 Å². The van der Waals surface area contributed by atoms with Crippen LogP contribution in [0.2, 0.25) is 5.02 Å². The average molecular weight is 369 g/mol. The zero-order chi connectivity index (χ0) is 19.3. The van der Waals surface area contributed by atoms with E-state index in [1.807, 2.05) is 77.1 Å². The Hall–Kier alpha value is -2.06. The van der Waals surface area contributed by atoms with Crippen LogP contribution in [0.15, 0.2) is 48.2 Å². The Labute approximate surface area is 160 Å². The monoisotopic (exact) mass is 368 g/mol. The van der Waals surface area contributed by atoms with Gasteiger partial charge in [0.1, 0.15) is 5.76 Å². The highest BCUT2D eigenvalue weighted by Gasteiger charge is 2.48. The molecule has 0 radical (unpaired) electrons. The van der Waals surface area contributed by atoms with Crippen LogP contribution in [0.1, 0.15) is 45.2 Å². The summed E-state index contributed by atoms with van der Waals surface area (Å²) < 4.78 is 0. The fraction of sp³-hybridized carbons (Fsp3) is 0.348. The fourth-order valence-electron chi connectivity index (χ4n) is 3.47. The van der Waals surface area contributed by atoms with Crippen molar-refractivity contribution in [2.45, 2.75) is 41.0 Å². The zero-order valence-corrected chi connectivity index (χ0v) is 16.7. The Bertz CT molecular complexity index is 902. The number of rotatable bonds is 2. The molecule has 0 atom stereocenters. The lowest BCUT2D eigenvalue weighted by molar-refractivity contribution is -0.118. The summed E-state index contributed by atoms with van der Waals surface area (Å²) in [5, 5.41) is 11.7. The summed E-state index contributed by atoms with van der Waals surface area (Å²) in [5.41, 5.74) is 3.51. The van der Waals surface area contributed by atoms with Crippen molar-refractivity contribution in [3.05, 3.63) is 64.4 Å². The van der Waals surface area contributed by atoms with Gasteiger partial charge in [0.15, 0.2) is 5.78 Å². The largest absolute Gasteiger partial charge is 0.511 e. The standard InChI is InChI=1S/C23H25ClO2/c1-14-6-7-16(15-8-10-17(24)11-9-15)12-18(14)20-19(25)13-22(2,3)23(4,5)21(20)26/h6-12,26H,13H2,1-5H3. The molecule has 2 nitrogen and oxygen atoms in total. The number of Topliss-reactive ketones (excluding diaryl/α,β-unsaturated/α-hetero) is 1. The molecule has 0 fully saturated rings. The lowest BCUT2D eigenvalue weighted by Gasteiger charge is -2.45. The third-order valence-electron chi connectivity index (χ3n) is 6.09. The van der Waals surface area contributed by atoms with E-state index in [1.54, 1.807) is 0 Å². The molecule has 3 heteroatoms. The second-order valence-electron chi connectivity index (χ2n) is 8.37. The topological polar surface area (TPSA) is 37.3 Å². The molecule has 0 saturated carbocycles. The number of hydrogen-bond acceptors (Lipinski definition) is 2. The predicted molar refractivity (Wildman–Crippen MR) is 108 cm³/mol. The maximum Gasteiger partial charge on any atom is 0.167 e. The maximum absolute atomic E-state index is 12.9. The quantitative estimate of drug-likeness (QED) is 0.647. The van der Waals surface area contributed by atoms with E-state index in [1.165, 1.54) is 0 Å². The summed E-state index contributed by atoms with van der Waals surface area (Å²) in [4.78, 5) is 12.9. The molecular formula is C23H25ClO2. The van der Waals surface area contributed by atoms with Crippen LogP contribution < -0.4 is 0 Å². The third-order valence-corrected chi connectivity index (χ3v) is 6.34. The van der Waals surface area contributed by atoms with E-state index in [4.69, 9.17) is 11.6 Å². The minimum Gasteiger partial charge on any atom is -0.511 e. The van der Waals surface area contributed by atoms with Gasteiger partial charge in [-0.3, -0.25) is 4.79 Å². The first-order chi connectivity index (χ1) is 12.0. The number of carbonyl (C=O) groups is 1. The molecule has 0 bridgehead atoms. The Morgan fingerprint density at radius 1 is 0.962 bits per heavy atom. The van der Waals surface area contributed by atoms with Crippen LogP contribution in [0, 0.1) is 17.8 Å². The molecule has 26 heavy (non-hydrogen) atoms. The van der Waals surface area contributed by atoms with Gasteiger partial charge in [0.2, 0.25) is 0 Å². The lowest BCUT2D eigenvalue weighted by Crippen LogP contribution is -2.41. The van der Waals surface area contributed by atoms with Gasteiger partial charge < -0.3 is 5.11 Å². The van der Waals surface area contributed by atoms with Crippen LogP contribution in [-0.4, -0.2) is 10.9 Å². The maximum atomic E-state index is 12.9. The van der Waals surface area contributed by atoms with Crippen molar-refractivity contribution < 1.29 is 9.90 Å². The first kappa shape index (κ1) is 18.7. The predicted octanol–water partition coefficient (Wildman–Crippen LogP) is 6.61.